The van der Waals surface area contributed by atoms with Crippen LogP contribution in [-0.2, 0) is 0 Å². The molecule has 0 radical (unpaired) electrons. The van der Waals surface area contributed by atoms with Gasteiger partial charge in [0, 0.05) is 27.0 Å². The summed E-state index contributed by atoms with van der Waals surface area (Å²) in [6.07, 6.45) is -0.293. The van der Waals surface area contributed by atoms with Gasteiger partial charge in [-0.05, 0) is 36.8 Å². The molecule has 0 fully saturated rings. The molecule has 0 unspecified atom stereocenters. The quantitative estimate of drug-likeness (QED) is 0.359. The highest BCUT2D eigenvalue weighted by Gasteiger charge is 2.44. The number of Topliss-reactive ketones (excluding diaryl/α,β-unsaturated/α-hetero) is 1. The van der Waals surface area contributed by atoms with Crippen molar-refractivity contribution < 1.29 is 9.53 Å². The van der Waals surface area contributed by atoms with Crippen molar-refractivity contribution in [2.45, 2.75) is 25.6 Å². The molecular formula is C24H17BrCl2N2O2. The van der Waals surface area contributed by atoms with Gasteiger partial charge in [-0.3, -0.25) is 4.79 Å². The molecule has 2 aliphatic heterocycles. The first kappa shape index (κ1) is 20.6. The molecule has 0 saturated heterocycles. The zero-order valence-corrected chi connectivity index (χ0v) is 19.6. The summed E-state index contributed by atoms with van der Waals surface area (Å²) in [6, 6.07) is 18.7. The number of hydrogen-bond donors (Lipinski definition) is 0. The van der Waals surface area contributed by atoms with Gasteiger partial charge in [-0.1, -0.05) is 81.1 Å². The summed E-state index contributed by atoms with van der Waals surface area (Å²) in [5.74, 6) is 0.326. The highest BCUT2D eigenvalue weighted by atomic mass is 79.9. The predicted octanol–water partition coefficient (Wildman–Crippen LogP) is 6.82. The zero-order valence-electron chi connectivity index (χ0n) is 16.5. The van der Waals surface area contributed by atoms with E-state index in [-0.39, 0.29) is 11.8 Å². The molecule has 0 aromatic heterocycles. The maximum Gasteiger partial charge on any atom is 0.251 e. The van der Waals surface area contributed by atoms with Crippen LogP contribution < -0.4 is 4.74 Å². The van der Waals surface area contributed by atoms with E-state index in [4.69, 9.17) is 33.0 Å². The van der Waals surface area contributed by atoms with Gasteiger partial charge < -0.3 is 4.74 Å². The molecule has 0 aliphatic carbocycles. The fraction of sp³-hybridized carbons (Fsp3) is 0.167. The van der Waals surface area contributed by atoms with Crippen LogP contribution in [0.25, 0.3) is 0 Å². The number of hydrogen-bond acceptors (Lipinski definition) is 4. The number of halogens is 3. The number of rotatable bonds is 3. The van der Waals surface area contributed by atoms with Crippen molar-refractivity contribution in [1.29, 1.82) is 0 Å². The third-order valence-electron chi connectivity index (χ3n) is 5.55. The lowest BCUT2D eigenvalue weighted by Gasteiger charge is -2.37. The van der Waals surface area contributed by atoms with E-state index in [9.17, 15) is 4.79 Å². The number of ketones is 1. The second-order valence-electron chi connectivity index (χ2n) is 7.66. The Morgan fingerprint density at radius 1 is 1.10 bits per heavy atom. The average molecular weight is 516 g/mol. The van der Waals surface area contributed by atoms with Crippen molar-refractivity contribution >= 4 is 50.6 Å². The Labute approximate surface area is 198 Å². The highest BCUT2D eigenvalue weighted by Crippen LogP contribution is 2.47. The summed E-state index contributed by atoms with van der Waals surface area (Å²) < 4.78 is 7.15. The SMILES string of the molecule is Cc1ccc(C(=O)[C@@H]2Oc3c(Cl)cc(Cl)cc3[C@@H]3CC(c4ccc(Br)cc4)=NN23)cc1. The largest absolute Gasteiger partial charge is 0.459 e. The minimum atomic E-state index is -0.910. The Kier molecular flexibility index (Phi) is 5.29. The van der Waals surface area contributed by atoms with Gasteiger partial charge >= 0.3 is 0 Å². The highest BCUT2D eigenvalue weighted by molar-refractivity contribution is 9.10. The fourth-order valence-corrected chi connectivity index (χ4v) is 4.78. The first-order valence-corrected chi connectivity index (χ1v) is 11.3. The van der Waals surface area contributed by atoms with E-state index in [0.717, 1.165) is 26.9 Å². The smallest absolute Gasteiger partial charge is 0.251 e. The summed E-state index contributed by atoms with van der Waals surface area (Å²) in [5, 5.41) is 7.47. The molecule has 2 heterocycles. The van der Waals surface area contributed by atoms with E-state index >= 15 is 0 Å². The molecule has 3 aromatic carbocycles. The summed E-state index contributed by atoms with van der Waals surface area (Å²) in [4.78, 5) is 13.4. The van der Waals surface area contributed by atoms with Gasteiger partial charge in [-0.25, -0.2) is 5.01 Å². The van der Waals surface area contributed by atoms with Crippen LogP contribution in [-0.4, -0.2) is 22.7 Å². The third-order valence-corrected chi connectivity index (χ3v) is 6.57. The van der Waals surface area contributed by atoms with Crippen molar-refractivity contribution in [3.05, 3.63) is 97.4 Å². The fourth-order valence-electron chi connectivity index (χ4n) is 3.96. The topological polar surface area (TPSA) is 41.9 Å². The lowest BCUT2D eigenvalue weighted by Crippen LogP contribution is -2.46. The standard InChI is InChI=1S/C24H17BrCl2N2O2/c1-13-2-4-15(5-3-13)22(30)24-29-21(18-10-17(26)11-19(27)23(18)31-24)12-20(28-29)14-6-8-16(25)9-7-14/h2-11,21,24H,12H2,1H3/t21-,24-/m0/s1. The van der Waals surface area contributed by atoms with Crippen molar-refractivity contribution in [2.75, 3.05) is 0 Å². The molecule has 2 aliphatic rings. The number of hydrazone groups is 1. The molecule has 0 saturated carbocycles. The summed E-state index contributed by atoms with van der Waals surface area (Å²) in [6.45, 7) is 1.98. The predicted molar refractivity (Wildman–Crippen MR) is 126 cm³/mol. The van der Waals surface area contributed by atoms with Crippen LogP contribution in [0.4, 0.5) is 0 Å². The average Bonchev–Trinajstić information content (AvgIpc) is 3.19. The van der Waals surface area contributed by atoms with Crippen LogP contribution in [0.1, 0.15) is 39.5 Å². The molecule has 4 nitrogen and oxygen atoms in total. The van der Waals surface area contributed by atoms with Crippen molar-refractivity contribution in [2.24, 2.45) is 5.10 Å². The van der Waals surface area contributed by atoms with Crippen LogP contribution in [0, 0.1) is 6.92 Å². The molecule has 2 atom stereocenters. The molecule has 156 valence electrons. The number of ether oxygens (including phenoxy) is 1. The monoisotopic (exact) mass is 514 g/mol. The number of carbonyl (C=O) groups is 1. The van der Waals surface area contributed by atoms with Gasteiger partial charge in [0.05, 0.1) is 16.8 Å². The number of fused-ring (bicyclic) bond motifs is 3. The number of aryl methyl sites for hydroxylation is 1. The van der Waals surface area contributed by atoms with Gasteiger partial charge in [0.1, 0.15) is 5.75 Å². The minimum Gasteiger partial charge on any atom is -0.459 e. The molecule has 0 bridgehead atoms. The van der Waals surface area contributed by atoms with E-state index in [0.29, 0.717) is 27.8 Å². The van der Waals surface area contributed by atoms with Gasteiger partial charge in [0.25, 0.3) is 6.23 Å². The Morgan fingerprint density at radius 3 is 2.52 bits per heavy atom. The molecule has 0 spiro atoms. The Morgan fingerprint density at radius 2 is 1.81 bits per heavy atom. The number of nitrogens with zero attached hydrogens (tertiary/aromatic N) is 2. The molecule has 7 heteroatoms. The second kappa shape index (κ2) is 7.97. The summed E-state index contributed by atoms with van der Waals surface area (Å²) >= 11 is 16.2. The molecule has 5 rings (SSSR count). The van der Waals surface area contributed by atoms with E-state index in [1.807, 2.05) is 61.5 Å². The normalized spacial score (nSPS) is 19.4. The molecule has 0 N–H and O–H groups in total. The lowest BCUT2D eigenvalue weighted by atomic mass is 9.95. The second-order valence-corrected chi connectivity index (χ2v) is 9.42. The van der Waals surface area contributed by atoms with Crippen molar-refractivity contribution in [3.8, 4) is 5.75 Å². The van der Waals surface area contributed by atoms with Gasteiger partial charge in [0.2, 0.25) is 5.78 Å². The minimum absolute atomic E-state index is 0.164. The maximum absolute atomic E-state index is 13.4. The number of benzene rings is 3. The summed E-state index contributed by atoms with van der Waals surface area (Å²) in [5.41, 5.74) is 4.36. The first-order chi connectivity index (χ1) is 14.9. The summed E-state index contributed by atoms with van der Waals surface area (Å²) in [7, 11) is 0. The van der Waals surface area contributed by atoms with E-state index in [2.05, 4.69) is 15.9 Å². The number of carbonyl (C=O) groups excluding carboxylic acids is 1. The Hall–Kier alpha value is -2.34. The van der Waals surface area contributed by atoms with Crippen LogP contribution in [0.15, 0.2) is 70.2 Å². The van der Waals surface area contributed by atoms with Crippen molar-refractivity contribution in [1.82, 2.24) is 5.01 Å². The third kappa shape index (κ3) is 3.75. The van der Waals surface area contributed by atoms with E-state index < -0.39 is 6.23 Å². The van der Waals surface area contributed by atoms with Crippen LogP contribution in [0.5, 0.6) is 5.75 Å². The molecule has 0 amide bonds. The van der Waals surface area contributed by atoms with Crippen LogP contribution >= 0.6 is 39.1 Å². The maximum atomic E-state index is 13.4. The Bertz CT molecular complexity index is 1210. The van der Waals surface area contributed by atoms with Gasteiger partial charge in [-0.15, -0.1) is 0 Å². The zero-order chi connectivity index (χ0) is 21.7. The van der Waals surface area contributed by atoms with Gasteiger partial charge in [0.15, 0.2) is 0 Å². The molecule has 3 aromatic rings. The molecular weight excluding hydrogens is 499 g/mol. The van der Waals surface area contributed by atoms with Crippen molar-refractivity contribution in [3.63, 3.8) is 0 Å². The van der Waals surface area contributed by atoms with E-state index in [1.54, 1.807) is 11.1 Å². The van der Waals surface area contributed by atoms with E-state index in [1.165, 1.54) is 0 Å². The van der Waals surface area contributed by atoms with Crippen LogP contribution in [0.2, 0.25) is 10.0 Å². The lowest BCUT2D eigenvalue weighted by molar-refractivity contribution is -0.00447. The Balaban J connectivity index is 1.59. The van der Waals surface area contributed by atoms with Crippen LogP contribution in [0.3, 0.4) is 0 Å². The molecule has 31 heavy (non-hydrogen) atoms. The van der Waals surface area contributed by atoms with Gasteiger partial charge in [-0.2, -0.15) is 5.10 Å². The first-order valence-electron chi connectivity index (χ1n) is 9.79.